The van der Waals surface area contributed by atoms with Gasteiger partial charge >= 0.3 is 6.09 Å². The van der Waals surface area contributed by atoms with E-state index >= 15 is 0 Å². The molecule has 10 heteroatoms. The van der Waals surface area contributed by atoms with Crippen molar-refractivity contribution >= 4 is 17.9 Å². The molecule has 0 bridgehead atoms. The van der Waals surface area contributed by atoms with Crippen LogP contribution in [0.1, 0.15) is 36.0 Å². The zero-order chi connectivity index (χ0) is 30.9. The molecule has 3 rings (SSSR count). The number of hydrogen-bond acceptors (Lipinski definition) is 7. The van der Waals surface area contributed by atoms with Crippen molar-refractivity contribution in [2.75, 3.05) is 13.1 Å². The summed E-state index contributed by atoms with van der Waals surface area (Å²) in [5.74, 6) is -1.05. The van der Waals surface area contributed by atoms with Gasteiger partial charge in [0.1, 0.15) is 12.6 Å². The van der Waals surface area contributed by atoms with Crippen LogP contribution in [0.5, 0.6) is 0 Å². The van der Waals surface area contributed by atoms with Gasteiger partial charge in [-0.1, -0.05) is 91.0 Å². The van der Waals surface area contributed by atoms with Crippen LogP contribution in [-0.2, 0) is 33.8 Å². The highest BCUT2D eigenvalue weighted by Crippen LogP contribution is 2.08. The Morgan fingerprint density at radius 2 is 1.33 bits per heavy atom. The summed E-state index contributed by atoms with van der Waals surface area (Å²) in [5.41, 5.74) is 14.7. The van der Waals surface area contributed by atoms with E-state index in [1.165, 1.54) is 0 Å². The van der Waals surface area contributed by atoms with Gasteiger partial charge in [-0.3, -0.25) is 9.59 Å². The van der Waals surface area contributed by atoms with E-state index < -0.39 is 42.1 Å². The van der Waals surface area contributed by atoms with E-state index in [1.807, 2.05) is 91.0 Å². The molecule has 0 fully saturated rings. The van der Waals surface area contributed by atoms with Crippen LogP contribution in [-0.4, -0.2) is 60.3 Å². The van der Waals surface area contributed by atoms with Crippen LogP contribution in [0.15, 0.2) is 91.0 Å². The van der Waals surface area contributed by atoms with E-state index in [0.717, 1.165) is 16.7 Å². The summed E-state index contributed by atoms with van der Waals surface area (Å²) in [5, 5.41) is 19.3. The summed E-state index contributed by atoms with van der Waals surface area (Å²) in [6.45, 7) is 0.620. The summed E-state index contributed by atoms with van der Waals surface area (Å²) in [6.07, 6.45) is 0.823. The van der Waals surface area contributed by atoms with Crippen LogP contribution in [0.4, 0.5) is 4.79 Å². The third kappa shape index (κ3) is 12.7. The standard InChI is InChI=1S/C33H43N5O5/c34-27(20-24-12-4-1-5-13-24)30(39)22-37-29(21-25-14-6-2-7-15-25)32(41)38-28(31(35)40)18-10-11-19-36-33(42)43-23-26-16-8-3-9-17-26/h1-9,12-17,27-30,37,39H,10-11,18-23,34H2,(H2,35,40)(H,36,42)(H,38,41)/t27-,28-,29-,30?/m0/s1. The second-order valence-corrected chi connectivity index (χ2v) is 10.5. The molecule has 3 aromatic carbocycles. The second-order valence-electron chi connectivity index (χ2n) is 10.5. The third-order valence-electron chi connectivity index (χ3n) is 7.04. The molecule has 43 heavy (non-hydrogen) atoms. The first-order valence-corrected chi connectivity index (χ1v) is 14.6. The Balaban J connectivity index is 1.47. The molecule has 0 spiro atoms. The van der Waals surface area contributed by atoms with Gasteiger partial charge in [0.05, 0.1) is 12.1 Å². The number of carbonyl (C=O) groups excluding carboxylic acids is 3. The van der Waals surface area contributed by atoms with Gasteiger partial charge in [-0.15, -0.1) is 0 Å². The average molecular weight is 590 g/mol. The first kappa shape index (κ1) is 33.3. The Bertz CT molecular complexity index is 1250. The quantitative estimate of drug-likeness (QED) is 0.124. The summed E-state index contributed by atoms with van der Waals surface area (Å²) in [7, 11) is 0. The van der Waals surface area contributed by atoms with E-state index in [-0.39, 0.29) is 13.2 Å². The van der Waals surface area contributed by atoms with Crippen LogP contribution in [0.3, 0.4) is 0 Å². The summed E-state index contributed by atoms with van der Waals surface area (Å²) in [4.78, 5) is 37.5. The number of carbonyl (C=O) groups is 3. The Morgan fingerprint density at radius 1 is 0.767 bits per heavy atom. The van der Waals surface area contributed by atoms with Gasteiger partial charge < -0.3 is 37.3 Å². The van der Waals surface area contributed by atoms with E-state index in [1.54, 1.807) is 0 Å². The zero-order valence-electron chi connectivity index (χ0n) is 24.4. The van der Waals surface area contributed by atoms with Gasteiger partial charge in [0.25, 0.3) is 0 Å². The number of hydrogen-bond donors (Lipinski definition) is 6. The molecule has 230 valence electrons. The summed E-state index contributed by atoms with van der Waals surface area (Å²) in [6, 6.07) is 26.3. The number of primary amides is 1. The number of rotatable bonds is 18. The number of benzene rings is 3. The largest absolute Gasteiger partial charge is 0.445 e. The highest BCUT2D eigenvalue weighted by Gasteiger charge is 2.26. The summed E-state index contributed by atoms with van der Waals surface area (Å²) >= 11 is 0. The van der Waals surface area contributed by atoms with Crippen LogP contribution in [0.25, 0.3) is 0 Å². The van der Waals surface area contributed by atoms with Crippen molar-refractivity contribution in [3.63, 3.8) is 0 Å². The lowest BCUT2D eigenvalue weighted by molar-refractivity contribution is -0.128. The first-order chi connectivity index (χ1) is 20.8. The number of unbranched alkanes of at least 4 members (excludes halogenated alkanes) is 1. The molecular weight excluding hydrogens is 546 g/mol. The lowest BCUT2D eigenvalue weighted by atomic mass is 10.0. The minimum atomic E-state index is -0.898. The van der Waals surface area contributed by atoms with Crippen molar-refractivity contribution in [1.29, 1.82) is 0 Å². The number of alkyl carbamates (subject to hydrolysis) is 1. The molecular formula is C33H43N5O5. The maximum absolute atomic E-state index is 13.3. The maximum atomic E-state index is 13.3. The average Bonchev–Trinajstić information content (AvgIpc) is 3.02. The molecule has 1 unspecified atom stereocenters. The van der Waals surface area contributed by atoms with Crippen molar-refractivity contribution in [2.45, 2.75) is 62.9 Å². The van der Waals surface area contributed by atoms with Gasteiger partial charge in [-0.05, 0) is 48.8 Å². The van der Waals surface area contributed by atoms with Crippen molar-refractivity contribution in [2.24, 2.45) is 11.5 Å². The van der Waals surface area contributed by atoms with Crippen LogP contribution in [0, 0.1) is 0 Å². The first-order valence-electron chi connectivity index (χ1n) is 14.6. The number of nitrogens with two attached hydrogens (primary N) is 2. The molecule has 0 saturated heterocycles. The highest BCUT2D eigenvalue weighted by molar-refractivity contribution is 5.89. The maximum Gasteiger partial charge on any atom is 0.407 e. The molecule has 0 saturated carbocycles. The fraction of sp³-hybridized carbons (Fsp3) is 0.364. The minimum absolute atomic E-state index is 0.0895. The predicted molar refractivity (Wildman–Crippen MR) is 166 cm³/mol. The van der Waals surface area contributed by atoms with Crippen LogP contribution < -0.4 is 27.4 Å². The molecule has 4 atom stereocenters. The van der Waals surface area contributed by atoms with Gasteiger partial charge in [-0.25, -0.2) is 4.79 Å². The topological polar surface area (TPSA) is 169 Å². The Labute approximate surface area is 253 Å². The monoisotopic (exact) mass is 589 g/mol. The number of nitrogens with one attached hydrogen (secondary N) is 3. The van der Waals surface area contributed by atoms with E-state index in [4.69, 9.17) is 16.2 Å². The van der Waals surface area contributed by atoms with E-state index in [9.17, 15) is 19.5 Å². The van der Waals surface area contributed by atoms with Gasteiger partial charge in [0.15, 0.2) is 0 Å². The molecule has 0 aliphatic carbocycles. The van der Waals surface area contributed by atoms with Crippen LogP contribution in [0.2, 0.25) is 0 Å². The van der Waals surface area contributed by atoms with Crippen LogP contribution >= 0.6 is 0 Å². The van der Waals surface area contributed by atoms with E-state index in [2.05, 4.69) is 16.0 Å². The number of amides is 3. The lowest BCUT2D eigenvalue weighted by Crippen LogP contribution is -2.54. The van der Waals surface area contributed by atoms with Crippen molar-refractivity contribution in [3.05, 3.63) is 108 Å². The second kappa shape index (κ2) is 18.3. The Hall–Kier alpha value is -4.25. The molecule has 0 aliphatic rings. The molecule has 0 radical (unpaired) electrons. The SMILES string of the molecule is NC(=O)[C@H](CCCCNC(=O)OCc1ccccc1)NC(=O)[C@H](Cc1ccccc1)NCC(O)[C@@H](N)Cc1ccccc1. The number of aliphatic hydroxyl groups is 1. The Kier molecular flexibility index (Phi) is 14.2. The van der Waals surface area contributed by atoms with Gasteiger partial charge in [0, 0.05) is 19.1 Å². The minimum Gasteiger partial charge on any atom is -0.445 e. The molecule has 0 heterocycles. The fourth-order valence-corrected chi connectivity index (χ4v) is 4.54. The number of aliphatic hydroxyl groups excluding tert-OH is 1. The molecule has 10 nitrogen and oxygen atoms in total. The molecule has 0 aliphatic heterocycles. The molecule has 3 amide bonds. The van der Waals surface area contributed by atoms with Crippen molar-refractivity contribution in [1.82, 2.24) is 16.0 Å². The van der Waals surface area contributed by atoms with Crippen molar-refractivity contribution < 1.29 is 24.2 Å². The molecule has 8 N–H and O–H groups in total. The molecule has 0 aromatic heterocycles. The predicted octanol–water partition coefficient (Wildman–Crippen LogP) is 2.19. The number of ether oxygens (including phenoxy) is 1. The van der Waals surface area contributed by atoms with E-state index in [0.29, 0.717) is 38.6 Å². The zero-order valence-corrected chi connectivity index (χ0v) is 24.4. The lowest BCUT2D eigenvalue weighted by Gasteiger charge is -2.25. The summed E-state index contributed by atoms with van der Waals surface area (Å²) < 4.78 is 5.19. The van der Waals surface area contributed by atoms with Gasteiger partial charge in [0.2, 0.25) is 11.8 Å². The molecule has 3 aromatic rings. The third-order valence-corrected chi connectivity index (χ3v) is 7.04. The normalized spacial score (nSPS) is 13.7. The highest BCUT2D eigenvalue weighted by atomic mass is 16.5. The van der Waals surface area contributed by atoms with Crippen molar-refractivity contribution in [3.8, 4) is 0 Å². The smallest absolute Gasteiger partial charge is 0.407 e. The van der Waals surface area contributed by atoms with Gasteiger partial charge in [-0.2, -0.15) is 0 Å². The Morgan fingerprint density at radius 3 is 1.91 bits per heavy atom. The fourth-order valence-electron chi connectivity index (χ4n) is 4.54.